The molecule has 1 heterocycles. The number of nitrogens with zero attached hydrogens (tertiary/aromatic N) is 1. The van der Waals surface area contributed by atoms with Crippen molar-refractivity contribution in [2.75, 3.05) is 0 Å². The van der Waals surface area contributed by atoms with Crippen LogP contribution in [-0.4, -0.2) is 0 Å². The summed E-state index contributed by atoms with van der Waals surface area (Å²) in [6.07, 6.45) is 3.48. The Kier molecular flexibility index (Phi) is 2.54. The van der Waals surface area contributed by atoms with E-state index in [4.69, 9.17) is 0 Å². The average Bonchev–Trinajstić information content (AvgIpc) is 2.30. The van der Waals surface area contributed by atoms with Gasteiger partial charge in [-0.1, -0.05) is 30.3 Å². The molecule has 0 N–H and O–H groups in total. The SMILES string of the molecule is [18F]C[n+]1ccc(-c2ccccc2)cc1. The minimum absolute atomic E-state index is 0.477. The first-order valence-electron chi connectivity index (χ1n) is 4.50. The minimum Gasteiger partial charge on any atom is -0.177 e. The number of pyridine rings is 1. The van der Waals surface area contributed by atoms with Gasteiger partial charge in [0.25, 0.3) is 6.80 Å². The summed E-state index contributed by atoms with van der Waals surface area (Å²) < 4.78 is 13.7. The molecule has 0 unspecified atom stereocenters. The predicted octanol–water partition coefficient (Wildman–Crippen LogP) is 2.57. The summed E-state index contributed by atoms with van der Waals surface area (Å²) in [7, 11) is 0. The number of halogens is 1. The van der Waals surface area contributed by atoms with Crippen LogP contribution in [0.15, 0.2) is 54.9 Å². The fraction of sp³-hybridized carbons (Fsp3) is 0.0833. The van der Waals surface area contributed by atoms with Gasteiger partial charge in [0.2, 0.25) is 0 Å². The first-order chi connectivity index (χ1) is 6.90. The van der Waals surface area contributed by atoms with Crippen LogP contribution in [0.4, 0.5) is 4.39 Å². The third-order valence-corrected chi connectivity index (χ3v) is 2.14. The van der Waals surface area contributed by atoms with E-state index < -0.39 is 6.80 Å². The molecular weight excluding hydrogens is 176 g/mol. The summed E-state index contributed by atoms with van der Waals surface area (Å²) in [5.41, 5.74) is 2.26. The molecule has 14 heavy (non-hydrogen) atoms. The molecule has 0 fully saturated rings. The zero-order valence-electron chi connectivity index (χ0n) is 7.73. The van der Waals surface area contributed by atoms with Crippen LogP contribution in [0.1, 0.15) is 0 Å². The van der Waals surface area contributed by atoms with Gasteiger partial charge in [0.1, 0.15) is 0 Å². The Hall–Kier alpha value is -1.70. The van der Waals surface area contributed by atoms with Crippen molar-refractivity contribution in [3.05, 3.63) is 54.9 Å². The summed E-state index contributed by atoms with van der Waals surface area (Å²) in [5.74, 6) is 0. The van der Waals surface area contributed by atoms with Crippen molar-refractivity contribution in [3.8, 4) is 11.1 Å². The highest BCUT2D eigenvalue weighted by atomic mass is 18.2. The molecule has 2 aromatic rings. The molecular formula is C12H11FN+. The third kappa shape index (κ3) is 1.79. The lowest BCUT2D eigenvalue weighted by Gasteiger charge is -1.98. The molecule has 70 valence electrons. The van der Waals surface area contributed by atoms with Crippen molar-refractivity contribution in [3.63, 3.8) is 0 Å². The second-order valence-electron chi connectivity index (χ2n) is 3.09. The largest absolute Gasteiger partial charge is 0.289 e. The van der Waals surface area contributed by atoms with Gasteiger partial charge in [-0.25, -0.2) is 0 Å². The lowest BCUT2D eigenvalue weighted by Crippen LogP contribution is -2.29. The number of hydrogen-bond donors (Lipinski definition) is 0. The maximum Gasteiger partial charge on any atom is 0.289 e. The molecule has 0 aliphatic rings. The van der Waals surface area contributed by atoms with E-state index in [1.54, 1.807) is 12.4 Å². The summed E-state index contributed by atoms with van der Waals surface area (Å²) >= 11 is 0. The number of hydrogen-bond acceptors (Lipinski definition) is 0. The molecule has 0 saturated carbocycles. The maximum atomic E-state index is 12.2. The van der Waals surface area contributed by atoms with E-state index in [2.05, 4.69) is 0 Å². The van der Waals surface area contributed by atoms with Gasteiger partial charge >= 0.3 is 0 Å². The zero-order valence-corrected chi connectivity index (χ0v) is 7.73. The highest BCUT2D eigenvalue weighted by Gasteiger charge is 2.00. The molecule has 1 aromatic heterocycles. The normalized spacial score (nSPS) is 10.1. The van der Waals surface area contributed by atoms with Crippen molar-refractivity contribution in [2.24, 2.45) is 0 Å². The van der Waals surface area contributed by atoms with E-state index in [9.17, 15) is 4.39 Å². The molecule has 0 atom stereocenters. The fourth-order valence-electron chi connectivity index (χ4n) is 1.36. The highest BCUT2D eigenvalue weighted by Crippen LogP contribution is 2.16. The lowest BCUT2D eigenvalue weighted by atomic mass is 10.1. The fourth-order valence-corrected chi connectivity index (χ4v) is 1.36. The van der Waals surface area contributed by atoms with Crippen LogP contribution in [-0.2, 0) is 6.80 Å². The Morgan fingerprint density at radius 3 is 2.00 bits per heavy atom. The van der Waals surface area contributed by atoms with Crippen molar-refractivity contribution < 1.29 is 8.96 Å². The molecule has 2 rings (SSSR count). The monoisotopic (exact) mass is 187 g/mol. The Labute approximate surface area is 82.4 Å². The summed E-state index contributed by atoms with van der Waals surface area (Å²) in [5, 5.41) is 0. The smallest absolute Gasteiger partial charge is 0.177 e. The molecule has 0 aliphatic heterocycles. The van der Waals surface area contributed by atoms with E-state index in [0.29, 0.717) is 0 Å². The van der Waals surface area contributed by atoms with Crippen LogP contribution >= 0.6 is 0 Å². The minimum atomic E-state index is -0.477. The topological polar surface area (TPSA) is 3.88 Å². The van der Waals surface area contributed by atoms with Crippen molar-refractivity contribution in [2.45, 2.75) is 6.80 Å². The summed E-state index contributed by atoms with van der Waals surface area (Å²) in [6.45, 7) is -0.477. The Morgan fingerprint density at radius 1 is 0.857 bits per heavy atom. The number of alkyl halides is 1. The quantitative estimate of drug-likeness (QED) is 0.636. The van der Waals surface area contributed by atoms with Crippen molar-refractivity contribution in [1.29, 1.82) is 0 Å². The highest BCUT2D eigenvalue weighted by molar-refractivity contribution is 5.61. The van der Waals surface area contributed by atoms with Crippen LogP contribution in [0.25, 0.3) is 11.1 Å². The van der Waals surface area contributed by atoms with Gasteiger partial charge in [-0.15, -0.1) is 0 Å². The third-order valence-electron chi connectivity index (χ3n) is 2.14. The van der Waals surface area contributed by atoms with Gasteiger partial charge in [-0.3, -0.25) is 0 Å². The molecule has 0 aliphatic carbocycles. The van der Waals surface area contributed by atoms with Gasteiger partial charge in [0.15, 0.2) is 12.4 Å². The maximum absolute atomic E-state index is 12.2. The van der Waals surface area contributed by atoms with E-state index >= 15 is 0 Å². The van der Waals surface area contributed by atoms with Gasteiger partial charge in [-0.2, -0.15) is 8.96 Å². The second-order valence-corrected chi connectivity index (χ2v) is 3.09. The van der Waals surface area contributed by atoms with Crippen LogP contribution in [0.5, 0.6) is 0 Å². The summed E-state index contributed by atoms with van der Waals surface area (Å²) in [4.78, 5) is 0. The number of aromatic nitrogens is 1. The molecule has 2 heteroatoms. The van der Waals surface area contributed by atoms with Gasteiger partial charge in [0, 0.05) is 12.1 Å². The first-order valence-corrected chi connectivity index (χ1v) is 4.50. The molecule has 0 saturated heterocycles. The van der Waals surface area contributed by atoms with Crippen molar-refractivity contribution >= 4 is 0 Å². The van der Waals surface area contributed by atoms with Crippen molar-refractivity contribution in [1.82, 2.24) is 0 Å². The first kappa shape index (κ1) is 8.88. The Balaban J connectivity index is 2.34. The second kappa shape index (κ2) is 4.01. The lowest BCUT2D eigenvalue weighted by molar-refractivity contribution is -0.718. The van der Waals surface area contributed by atoms with E-state index in [1.165, 1.54) is 4.57 Å². The predicted molar refractivity (Wildman–Crippen MR) is 53.2 cm³/mol. The van der Waals surface area contributed by atoms with E-state index in [0.717, 1.165) is 11.1 Å². The molecule has 1 aromatic carbocycles. The molecule has 0 bridgehead atoms. The Bertz CT molecular complexity index is 394. The van der Waals surface area contributed by atoms with Crippen LogP contribution in [0, 0.1) is 0 Å². The zero-order chi connectivity index (χ0) is 9.80. The van der Waals surface area contributed by atoms with Crippen LogP contribution < -0.4 is 4.57 Å². The number of rotatable bonds is 2. The standard InChI is InChI=1S/C12H11FN/c13-10-14-8-6-12(7-9-14)11-4-2-1-3-5-11/h1-9H,10H2/q+1/i13-1. The Morgan fingerprint density at radius 2 is 1.43 bits per heavy atom. The van der Waals surface area contributed by atoms with Gasteiger partial charge in [-0.05, 0) is 11.1 Å². The molecule has 0 amide bonds. The number of benzene rings is 1. The van der Waals surface area contributed by atoms with Gasteiger partial charge < -0.3 is 0 Å². The van der Waals surface area contributed by atoms with Crippen LogP contribution in [0.3, 0.4) is 0 Å². The van der Waals surface area contributed by atoms with E-state index in [-0.39, 0.29) is 0 Å². The summed E-state index contributed by atoms with van der Waals surface area (Å²) in [6, 6.07) is 13.9. The van der Waals surface area contributed by atoms with Crippen LogP contribution in [0.2, 0.25) is 0 Å². The van der Waals surface area contributed by atoms with E-state index in [1.807, 2.05) is 42.5 Å². The average molecular weight is 187 g/mol. The van der Waals surface area contributed by atoms with Gasteiger partial charge in [0.05, 0.1) is 0 Å². The molecule has 0 spiro atoms. The molecule has 0 radical (unpaired) electrons. The molecule has 1 nitrogen and oxygen atoms in total.